The van der Waals surface area contributed by atoms with Crippen LogP contribution >= 0.6 is 0 Å². The molecule has 0 saturated heterocycles. The van der Waals surface area contributed by atoms with Crippen molar-refractivity contribution < 1.29 is 13.9 Å². The Labute approximate surface area is 110 Å². The molecular formula is C14H25NO3. The lowest BCUT2D eigenvalue weighted by Crippen LogP contribution is -2.35. The molecule has 1 aromatic rings. The summed E-state index contributed by atoms with van der Waals surface area (Å²) in [5.41, 5.74) is 1.30. The predicted molar refractivity (Wildman–Crippen MR) is 71.6 cm³/mol. The number of nitrogens with one attached hydrogen (secondary N) is 1. The summed E-state index contributed by atoms with van der Waals surface area (Å²) in [5, 5.41) is 3.45. The van der Waals surface area contributed by atoms with E-state index < -0.39 is 0 Å². The summed E-state index contributed by atoms with van der Waals surface area (Å²) in [6, 6.07) is 2.06. The van der Waals surface area contributed by atoms with Gasteiger partial charge in [0.2, 0.25) is 0 Å². The van der Waals surface area contributed by atoms with E-state index in [9.17, 15) is 0 Å². The quantitative estimate of drug-likeness (QED) is 0.761. The van der Waals surface area contributed by atoms with E-state index in [0.717, 1.165) is 18.1 Å². The maximum atomic E-state index is 5.65. The van der Waals surface area contributed by atoms with Gasteiger partial charge in [0.15, 0.2) is 0 Å². The summed E-state index contributed by atoms with van der Waals surface area (Å²) in [4.78, 5) is 0. The average Bonchev–Trinajstić information content (AvgIpc) is 2.62. The molecule has 0 saturated carbocycles. The van der Waals surface area contributed by atoms with Crippen LogP contribution in [0.3, 0.4) is 0 Å². The lowest BCUT2D eigenvalue weighted by Gasteiger charge is -2.20. The first-order valence-electron chi connectivity index (χ1n) is 6.32. The van der Waals surface area contributed by atoms with Gasteiger partial charge in [0, 0.05) is 24.8 Å². The van der Waals surface area contributed by atoms with Gasteiger partial charge in [-0.2, -0.15) is 0 Å². The molecule has 0 aliphatic rings. The van der Waals surface area contributed by atoms with Gasteiger partial charge in [-0.3, -0.25) is 0 Å². The minimum absolute atomic E-state index is 0.110. The van der Waals surface area contributed by atoms with Crippen molar-refractivity contribution in [2.24, 2.45) is 0 Å². The van der Waals surface area contributed by atoms with Crippen LogP contribution in [-0.2, 0) is 22.6 Å². The Balaban J connectivity index is 2.43. The van der Waals surface area contributed by atoms with E-state index in [4.69, 9.17) is 13.9 Å². The summed E-state index contributed by atoms with van der Waals surface area (Å²) in [7, 11) is 1.66. The Kier molecular flexibility index (Phi) is 5.85. The van der Waals surface area contributed by atoms with Crippen LogP contribution < -0.4 is 5.32 Å². The van der Waals surface area contributed by atoms with E-state index in [1.54, 1.807) is 7.11 Å². The highest BCUT2D eigenvalue weighted by Crippen LogP contribution is 2.16. The third kappa shape index (κ3) is 5.67. The van der Waals surface area contributed by atoms with E-state index >= 15 is 0 Å². The third-order valence-corrected chi connectivity index (χ3v) is 2.56. The molecule has 104 valence electrons. The molecule has 0 fully saturated rings. The number of methoxy groups -OCH3 is 1. The molecule has 1 rings (SSSR count). The van der Waals surface area contributed by atoms with Gasteiger partial charge in [0.05, 0.1) is 13.2 Å². The summed E-state index contributed by atoms with van der Waals surface area (Å²) in [6.07, 6.45) is 0. The van der Waals surface area contributed by atoms with Crippen LogP contribution in [0.5, 0.6) is 0 Å². The second-order valence-electron chi connectivity index (χ2n) is 5.44. The van der Waals surface area contributed by atoms with Gasteiger partial charge in [0.1, 0.15) is 18.1 Å². The first-order chi connectivity index (χ1) is 8.42. The first kappa shape index (κ1) is 15.2. The molecule has 1 N–H and O–H groups in total. The minimum Gasteiger partial charge on any atom is -0.464 e. The van der Waals surface area contributed by atoms with Crippen molar-refractivity contribution in [3.8, 4) is 0 Å². The summed E-state index contributed by atoms with van der Waals surface area (Å²) >= 11 is 0. The molecule has 0 aliphatic carbocycles. The van der Waals surface area contributed by atoms with Gasteiger partial charge in [0.25, 0.3) is 0 Å². The molecule has 0 aromatic carbocycles. The maximum absolute atomic E-state index is 5.65. The second-order valence-corrected chi connectivity index (χ2v) is 5.44. The van der Waals surface area contributed by atoms with Crippen molar-refractivity contribution in [3.63, 3.8) is 0 Å². The molecule has 4 nitrogen and oxygen atoms in total. The van der Waals surface area contributed by atoms with Crippen LogP contribution in [-0.4, -0.2) is 25.9 Å². The Hall–Kier alpha value is -0.840. The van der Waals surface area contributed by atoms with E-state index in [0.29, 0.717) is 19.8 Å². The van der Waals surface area contributed by atoms with E-state index in [1.807, 2.05) is 6.92 Å². The zero-order chi connectivity index (χ0) is 13.6. The van der Waals surface area contributed by atoms with Crippen molar-refractivity contribution in [2.45, 2.75) is 46.4 Å². The van der Waals surface area contributed by atoms with Gasteiger partial charge >= 0.3 is 0 Å². The van der Waals surface area contributed by atoms with Gasteiger partial charge < -0.3 is 19.2 Å². The smallest absolute Gasteiger partial charge is 0.130 e. The molecule has 0 bridgehead atoms. The van der Waals surface area contributed by atoms with E-state index in [2.05, 4.69) is 32.2 Å². The first-order valence-corrected chi connectivity index (χ1v) is 6.32. The van der Waals surface area contributed by atoms with Crippen LogP contribution in [0, 0.1) is 6.92 Å². The lowest BCUT2D eigenvalue weighted by atomic mass is 10.1. The summed E-state index contributed by atoms with van der Waals surface area (Å²) < 4.78 is 16.0. The fourth-order valence-electron chi connectivity index (χ4n) is 1.51. The lowest BCUT2D eigenvalue weighted by molar-refractivity contribution is 0.0535. The molecule has 18 heavy (non-hydrogen) atoms. The molecule has 0 atom stereocenters. The standard InChI is InChI=1S/C14H25NO3/c1-11-12(9-15-14(2,3)4)8-13(18-11)10-17-7-6-16-5/h8,15H,6-7,9-10H2,1-5H3. The average molecular weight is 255 g/mol. The van der Waals surface area contributed by atoms with Crippen molar-refractivity contribution in [3.05, 3.63) is 23.2 Å². The predicted octanol–water partition coefficient (Wildman–Crippen LogP) is 2.64. The highest BCUT2D eigenvalue weighted by Gasteiger charge is 2.12. The molecule has 0 radical (unpaired) electrons. The van der Waals surface area contributed by atoms with Crippen molar-refractivity contribution in [1.29, 1.82) is 0 Å². The van der Waals surface area contributed by atoms with Gasteiger partial charge in [-0.25, -0.2) is 0 Å². The van der Waals surface area contributed by atoms with Crippen molar-refractivity contribution in [2.75, 3.05) is 20.3 Å². The normalized spacial score (nSPS) is 12.1. The number of ether oxygens (including phenoxy) is 2. The fourth-order valence-corrected chi connectivity index (χ4v) is 1.51. The minimum atomic E-state index is 0.110. The number of furan rings is 1. The second kappa shape index (κ2) is 6.92. The number of hydrogen-bond acceptors (Lipinski definition) is 4. The molecular weight excluding hydrogens is 230 g/mol. The third-order valence-electron chi connectivity index (χ3n) is 2.56. The molecule has 4 heteroatoms. The molecule has 1 aromatic heterocycles. The largest absolute Gasteiger partial charge is 0.464 e. The zero-order valence-corrected chi connectivity index (χ0v) is 12.1. The monoisotopic (exact) mass is 255 g/mol. The van der Waals surface area contributed by atoms with E-state index in [1.165, 1.54) is 5.56 Å². The fraction of sp³-hybridized carbons (Fsp3) is 0.714. The Morgan fingerprint density at radius 3 is 2.61 bits per heavy atom. The Morgan fingerprint density at radius 2 is 2.00 bits per heavy atom. The number of hydrogen-bond donors (Lipinski definition) is 1. The van der Waals surface area contributed by atoms with E-state index in [-0.39, 0.29) is 5.54 Å². The number of aryl methyl sites for hydroxylation is 1. The van der Waals surface area contributed by atoms with Gasteiger partial charge in [-0.1, -0.05) is 0 Å². The molecule has 0 spiro atoms. The zero-order valence-electron chi connectivity index (χ0n) is 12.1. The van der Waals surface area contributed by atoms with Gasteiger partial charge in [-0.15, -0.1) is 0 Å². The van der Waals surface area contributed by atoms with Crippen LogP contribution in [0.4, 0.5) is 0 Å². The highest BCUT2D eigenvalue weighted by molar-refractivity contribution is 5.20. The number of rotatable bonds is 7. The van der Waals surface area contributed by atoms with Crippen LogP contribution in [0.15, 0.2) is 10.5 Å². The van der Waals surface area contributed by atoms with Crippen LogP contribution in [0.2, 0.25) is 0 Å². The topological polar surface area (TPSA) is 43.6 Å². The molecule has 1 heterocycles. The highest BCUT2D eigenvalue weighted by atomic mass is 16.5. The summed E-state index contributed by atoms with van der Waals surface area (Å²) in [5.74, 6) is 1.83. The van der Waals surface area contributed by atoms with Crippen molar-refractivity contribution >= 4 is 0 Å². The molecule has 0 aliphatic heterocycles. The molecule has 0 unspecified atom stereocenters. The van der Waals surface area contributed by atoms with Crippen LogP contribution in [0.25, 0.3) is 0 Å². The van der Waals surface area contributed by atoms with Gasteiger partial charge in [-0.05, 0) is 33.8 Å². The Bertz CT molecular complexity index is 352. The SMILES string of the molecule is COCCOCc1cc(CNC(C)(C)C)c(C)o1. The van der Waals surface area contributed by atoms with Crippen molar-refractivity contribution in [1.82, 2.24) is 5.32 Å². The van der Waals surface area contributed by atoms with Crippen LogP contribution in [0.1, 0.15) is 37.9 Å². The Morgan fingerprint density at radius 1 is 1.28 bits per heavy atom. The maximum Gasteiger partial charge on any atom is 0.130 e. The summed E-state index contributed by atoms with van der Waals surface area (Å²) in [6.45, 7) is 10.9. The molecule has 0 amide bonds.